The van der Waals surface area contributed by atoms with Crippen molar-refractivity contribution in [3.05, 3.63) is 34.0 Å². The van der Waals surface area contributed by atoms with Crippen molar-refractivity contribution in [2.75, 3.05) is 0 Å². The second-order valence-corrected chi connectivity index (χ2v) is 4.23. The van der Waals surface area contributed by atoms with Gasteiger partial charge in [-0.15, -0.1) is 11.3 Å². The van der Waals surface area contributed by atoms with Gasteiger partial charge in [0.25, 0.3) is 0 Å². The molecule has 0 aliphatic rings. The van der Waals surface area contributed by atoms with E-state index in [1.807, 2.05) is 0 Å². The summed E-state index contributed by atoms with van der Waals surface area (Å²) in [4.78, 5) is 14.9. The molecule has 0 saturated carbocycles. The predicted octanol–water partition coefficient (Wildman–Crippen LogP) is 2.13. The second kappa shape index (κ2) is 3.95. The van der Waals surface area contributed by atoms with E-state index in [-0.39, 0.29) is 10.6 Å². The highest BCUT2D eigenvalue weighted by molar-refractivity contribution is 7.13. The van der Waals surface area contributed by atoms with E-state index in [0.717, 1.165) is 6.20 Å². The SMILES string of the molecule is Cn1nccc1C(=O)c1cnc(C(F)(F)F)s1. The molecule has 0 bridgehead atoms. The number of halogens is 3. The molecule has 2 heterocycles. The number of carbonyl (C=O) groups is 1. The molecule has 0 aromatic carbocycles. The Bertz CT molecular complexity index is 558. The number of nitrogens with zero attached hydrogens (tertiary/aromatic N) is 3. The van der Waals surface area contributed by atoms with Gasteiger partial charge in [0.1, 0.15) is 5.69 Å². The van der Waals surface area contributed by atoms with Gasteiger partial charge in [-0.2, -0.15) is 18.3 Å². The van der Waals surface area contributed by atoms with Crippen LogP contribution >= 0.6 is 11.3 Å². The first kappa shape index (κ1) is 11.8. The third kappa shape index (κ3) is 2.21. The van der Waals surface area contributed by atoms with Crippen LogP contribution < -0.4 is 0 Å². The summed E-state index contributed by atoms with van der Waals surface area (Å²) in [6, 6.07) is 1.44. The summed E-state index contributed by atoms with van der Waals surface area (Å²) < 4.78 is 38.2. The fraction of sp³-hybridized carbons (Fsp3) is 0.222. The zero-order valence-corrected chi connectivity index (χ0v) is 9.34. The highest BCUT2D eigenvalue weighted by Crippen LogP contribution is 2.32. The summed E-state index contributed by atoms with van der Waals surface area (Å²) in [5.74, 6) is -0.516. The van der Waals surface area contributed by atoms with Gasteiger partial charge in [0, 0.05) is 19.4 Å². The molecule has 0 aliphatic heterocycles. The van der Waals surface area contributed by atoms with Crippen molar-refractivity contribution in [3.8, 4) is 0 Å². The Hall–Kier alpha value is -1.70. The van der Waals surface area contributed by atoms with E-state index in [1.54, 1.807) is 7.05 Å². The number of alkyl halides is 3. The first-order valence-electron chi connectivity index (χ1n) is 4.45. The highest BCUT2D eigenvalue weighted by atomic mass is 32.1. The molecule has 8 heteroatoms. The average molecular weight is 261 g/mol. The van der Waals surface area contributed by atoms with E-state index < -0.39 is 17.0 Å². The Morgan fingerprint density at radius 1 is 1.47 bits per heavy atom. The minimum Gasteiger partial charge on any atom is -0.286 e. The van der Waals surface area contributed by atoms with E-state index in [0.29, 0.717) is 11.3 Å². The molecule has 0 saturated heterocycles. The minimum absolute atomic E-state index is 0.0547. The topological polar surface area (TPSA) is 47.8 Å². The Kier molecular flexibility index (Phi) is 2.74. The summed E-state index contributed by atoms with van der Waals surface area (Å²) in [5.41, 5.74) is 0.224. The normalized spacial score (nSPS) is 11.8. The van der Waals surface area contributed by atoms with Gasteiger partial charge in [0.2, 0.25) is 5.78 Å². The van der Waals surface area contributed by atoms with Crippen molar-refractivity contribution in [1.29, 1.82) is 0 Å². The standard InChI is InChI=1S/C9H6F3N3OS/c1-15-5(2-3-14-15)7(16)6-4-13-8(17-6)9(10,11)12/h2-4H,1H3. The van der Waals surface area contributed by atoms with Crippen LogP contribution in [0, 0.1) is 0 Å². The van der Waals surface area contributed by atoms with Gasteiger partial charge in [-0.3, -0.25) is 9.48 Å². The third-order valence-electron chi connectivity index (χ3n) is 2.03. The number of rotatable bonds is 2. The number of carbonyl (C=O) groups excluding carboxylic acids is 1. The van der Waals surface area contributed by atoms with Gasteiger partial charge in [-0.05, 0) is 6.07 Å². The van der Waals surface area contributed by atoms with E-state index in [2.05, 4.69) is 10.1 Å². The molecule has 0 radical (unpaired) electrons. The van der Waals surface area contributed by atoms with Crippen LogP contribution in [0.2, 0.25) is 0 Å². The first-order chi connectivity index (χ1) is 7.89. The smallest absolute Gasteiger partial charge is 0.286 e. The molecule has 4 nitrogen and oxygen atoms in total. The van der Waals surface area contributed by atoms with Gasteiger partial charge in [-0.1, -0.05) is 0 Å². The Balaban J connectivity index is 2.33. The third-order valence-corrected chi connectivity index (χ3v) is 3.07. The number of hydrogen-bond acceptors (Lipinski definition) is 4. The van der Waals surface area contributed by atoms with E-state index in [1.165, 1.54) is 16.9 Å². The van der Waals surface area contributed by atoms with Crippen LogP contribution in [0.25, 0.3) is 0 Å². The van der Waals surface area contributed by atoms with Crippen molar-refractivity contribution >= 4 is 17.1 Å². The lowest BCUT2D eigenvalue weighted by atomic mass is 10.2. The maximum absolute atomic E-state index is 12.3. The summed E-state index contributed by atoms with van der Waals surface area (Å²) in [6.45, 7) is 0. The van der Waals surface area contributed by atoms with Crippen molar-refractivity contribution in [2.45, 2.75) is 6.18 Å². The summed E-state index contributed by atoms with van der Waals surface area (Å²) >= 11 is 0.328. The second-order valence-electron chi connectivity index (χ2n) is 3.20. The molecule has 0 fully saturated rings. The maximum atomic E-state index is 12.3. The first-order valence-corrected chi connectivity index (χ1v) is 5.27. The summed E-state index contributed by atoms with van der Waals surface area (Å²) in [5, 5.41) is 2.75. The number of aromatic nitrogens is 3. The van der Waals surface area contributed by atoms with Crippen LogP contribution in [0.1, 0.15) is 20.4 Å². The summed E-state index contributed by atoms with van der Waals surface area (Å²) in [6.07, 6.45) is -2.18. The van der Waals surface area contributed by atoms with Gasteiger partial charge in [0.05, 0.1) is 4.88 Å². The molecule has 2 aromatic rings. The van der Waals surface area contributed by atoms with Gasteiger partial charge >= 0.3 is 6.18 Å². The molecule has 0 aliphatic carbocycles. The van der Waals surface area contributed by atoms with Crippen LogP contribution in [0.5, 0.6) is 0 Å². The lowest BCUT2D eigenvalue weighted by molar-refractivity contribution is -0.137. The fourth-order valence-electron chi connectivity index (χ4n) is 1.23. The monoisotopic (exact) mass is 261 g/mol. The molecular weight excluding hydrogens is 255 g/mol. The molecule has 0 atom stereocenters. The zero-order valence-electron chi connectivity index (χ0n) is 8.52. The van der Waals surface area contributed by atoms with Crippen LogP contribution in [0.4, 0.5) is 13.2 Å². The maximum Gasteiger partial charge on any atom is 0.443 e. The van der Waals surface area contributed by atoms with Crippen LogP contribution in [0.15, 0.2) is 18.5 Å². The van der Waals surface area contributed by atoms with Crippen LogP contribution in [0.3, 0.4) is 0 Å². The molecule has 0 amide bonds. The van der Waals surface area contributed by atoms with Crippen LogP contribution in [-0.4, -0.2) is 20.5 Å². The Morgan fingerprint density at radius 2 is 2.18 bits per heavy atom. The average Bonchev–Trinajstić information content (AvgIpc) is 2.83. The Morgan fingerprint density at radius 3 is 2.65 bits per heavy atom. The predicted molar refractivity (Wildman–Crippen MR) is 53.8 cm³/mol. The van der Waals surface area contributed by atoms with E-state index >= 15 is 0 Å². The molecule has 0 N–H and O–H groups in total. The number of hydrogen-bond donors (Lipinski definition) is 0. The molecule has 17 heavy (non-hydrogen) atoms. The Labute approximate surface area is 97.7 Å². The number of aryl methyl sites for hydroxylation is 1. The fourth-order valence-corrected chi connectivity index (χ4v) is 1.97. The number of thiazole rings is 1. The highest BCUT2D eigenvalue weighted by Gasteiger charge is 2.35. The van der Waals surface area contributed by atoms with E-state index in [4.69, 9.17) is 0 Å². The lowest BCUT2D eigenvalue weighted by Crippen LogP contribution is -2.06. The van der Waals surface area contributed by atoms with Gasteiger partial charge < -0.3 is 0 Å². The molecule has 90 valence electrons. The molecule has 0 unspecified atom stereocenters. The van der Waals surface area contributed by atoms with Crippen molar-refractivity contribution in [3.63, 3.8) is 0 Å². The van der Waals surface area contributed by atoms with E-state index in [9.17, 15) is 18.0 Å². The van der Waals surface area contributed by atoms with Gasteiger partial charge in [-0.25, -0.2) is 4.98 Å². The van der Waals surface area contributed by atoms with Crippen molar-refractivity contribution in [1.82, 2.24) is 14.8 Å². The van der Waals surface area contributed by atoms with Gasteiger partial charge in [0.15, 0.2) is 5.01 Å². The quantitative estimate of drug-likeness (QED) is 0.778. The molecule has 2 rings (SSSR count). The molecule has 0 spiro atoms. The lowest BCUT2D eigenvalue weighted by Gasteiger charge is -1.99. The number of ketones is 1. The van der Waals surface area contributed by atoms with Crippen molar-refractivity contribution in [2.24, 2.45) is 7.05 Å². The summed E-state index contributed by atoms with van der Waals surface area (Å²) in [7, 11) is 1.54. The van der Waals surface area contributed by atoms with Crippen LogP contribution in [-0.2, 0) is 13.2 Å². The molecule has 2 aromatic heterocycles. The molecular formula is C9H6F3N3OS. The van der Waals surface area contributed by atoms with Crippen molar-refractivity contribution < 1.29 is 18.0 Å². The minimum atomic E-state index is -4.52. The largest absolute Gasteiger partial charge is 0.443 e. The zero-order chi connectivity index (χ0) is 12.6.